The summed E-state index contributed by atoms with van der Waals surface area (Å²) in [5.74, 6) is 0. The molecule has 3 nitrogen and oxygen atoms in total. The monoisotopic (exact) mass is 364 g/mol. The van der Waals surface area contributed by atoms with Crippen LogP contribution in [0.1, 0.15) is 64.4 Å². The molecule has 0 saturated carbocycles. The highest BCUT2D eigenvalue weighted by Crippen LogP contribution is 2.42. The summed E-state index contributed by atoms with van der Waals surface area (Å²) in [5.41, 5.74) is 3.95. The summed E-state index contributed by atoms with van der Waals surface area (Å²) in [5, 5.41) is 2.45. The Morgan fingerprint density at radius 3 is 2.12 bits per heavy atom. The third-order valence-corrected chi connectivity index (χ3v) is 13.0. The van der Waals surface area contributed by atoms with Gasteiger partial charge in [-0.1, -0.05) is 60.1 Å². The molecule has 132 valence electrons. The second-order valence-electron chi connectivity index (χ2n) is 7.59. The summed E-state index contributed by atoms with van der Waals surface area (Å²) in [6.07, 6.45) is 3.75. The molecule has 0 unspecified atom stereocenters. The third kappa shape index (κ3) is 2.64. The fraction of sp³-hybridized carbons (Fsp3) is 0.579. The number of hydrogen-bond donors (Lipinski definition) is 1. The lowest BCUT2D eigenvalue weighted by atomic mass is 10.1. The van der Waals surface area contributed by atoms with Gasteiger partial charge in [-0.3, -0.25) is 4.79 Å². The highest BCUT2D eigenvalue weighted by Gasteiger charge is 2.47. The van der Waals surface area contributed by atoms with E-state index in [1.54, 1.807) is 0 Å². The van der Waals surface area contributed by atoms with Crippen molar-refractivity contribution >= 4 is 42.3 Å². The highest BCUT2D eigenvalue weighted by molar-refractivity contribution is 6.95. The second kappa shape index (κ2) is 7.01. The van der Waals surface area contributed by atoms with Crippen LogP contribution in [0.4, 0.5) is 0 Å². The number of carbonyl (C=O) groups excluding carboxylic acids is 1. The van der Waals surface area contributed by atoms with E-state index in [1.807, 2.05) is 6.20 Å². The number of aldehydes is 1. The number of aromatic amines is 1. The Labute approximate surface area is 151 Å². The Bertz CT molecular complexity index is 728. The molecule has 1 N–H and O–H groups in total. The first-order valence-corrected chi connectivity index (χ1v) is 11.5. The Hall–Kier alpha value is -1.13. The fourth-order valence-electron chi connectivity index (χ4n) is 4.73. The lowest BCUT2D eigenvalue weighted by Gasteiger charge is -2.43. The minimum absolute atomic E-state index is 0.470. The van der Waals surface area contributed by atoms with E-state index in [0.29, 0.717) is 27.2 Å². The highest BCUT2D eigenvalue weighted by atomic mass is 35.5. The van der Waals surface area contributed by atoms with Crippen LogP contribution in [0.3, 0.4) is 0 Å². The Morgan fingerprint density at radius 1 is 1.17 bits per heavy atom. The molecule has 0 aromatic carbocycles. The summed E-state index contributed by atoms with van der Waals surface area (Å²) < 4.78 is 0. The zero-order valence-corrected chi connectivity index (χ0v) is 17.6. The van der Waals surface area contributed by atoms with Crippen molar-refractivity contribution in [1.82, 2.24) is 9.97 Å². The number of rotatable bonds is 6. The lowest BCUT2D eigenvalue weighted by Crippen LogP contribution is -2.58. The van der Waals surface area contributed by atoms with Crippen molar-refractivity contribution in [3.05, 3.63) is 22.3 Å². The van der Waals surface area contributed by atoms with Crippen LogP contribution in [0.2, 0.25) is 21.6 Å². The van der Waals surface area contributed by atoms with Gasteiger partial charge in [0, 0.05) is 16.9 Å². The molecule has 5 heteroatoms. The van der Waals surface area contributed by atoms with E-state index >= 15 is 0 Å². The molecule has 0 aliphatic heterocycles. The molecule has 2 aromatic heterocycles. The predicted molar refractivity (Wildman–Crippen MR) is 107 cm³/mol. The molecule has 0 aliphatic carbocycles. The van der Waals surface area contributed by atoms with Crippen molar-refractivity contribution in [3.63, 3.8) is 0 Å². The zero-order chi connectivity index (χ0) is 18.2. The second-order valence-corrected chi connectivity index (χ2v) is 13.8. The SMILES string of the molecule is CCc1c[nH]c2nc([Si](C(C)C)(C(C)C)C(C)C)c(C=O)c(Cl)c12. The molecular formula is C19H29ClN2OSi. The first-order chi connectivity index (χ1) is 11.2. The van der Waals surface area contributed by atoms with E-state index in [-0.39, 0.29) is 0 Å². The van der Waals surface area contributed by atoms with Crippen molar-refractivity contribution in [2.75, 3.05) is 0 Å². The number of carbonyl (C=O) groups is 1. The van der Waals surface area contributed by atoms with Crippen molar-refractivity contribution in [2.24, 2.45) is 0 Å². The van der Waals surface area contributed by atoms with Crippen LogP contribution in [0, 0.1) is 0 Å². The summed E-state index contributed by atoms with van der Waals surface area (Å²) in [6, 6.07) is 0. The van der Waals surface area contributed by atoms with Crippen molar-refractivity contribution in [3.8, 4) is 0 Å². The normalized spacial score (nSPS) is 12.8. The number of hydrogen-bond acceptors (Lipinski definition) is 2. The molecule has 0 spiro atoms. The average molecular weight is 365 g/mol. The molecule has 2 heterocycles. The molecular weight excluding hydrogens is 336 g/mol. The maximum absolute atomic E-state index is 12.0. The van der Waals surface area contributed by atoms with Gasteiger partial charge in [0.2, 0.25) is 0 Å². The number of aryl methyl sites for hydroxylation is 1. The van der Waals surface area contributed by atoms with E-state index in [2.05, 4.69) is 53.5 Å². The quantitative estimate of drug-likeness (QED) is 0.545. The number of fused-ring (bicyclic) bond motifs is 1. The van der Waals surface area contributed by atoms with E-state index in [4.69, 9.17) is 16.6 Å². The molecule has 24 heavy (non-hydrogen) atoms. The largest absolute Gasteiger partial charge is 0.346 e. The Morgan fingerprint density at radius 2 is 1.71 bits per heavy atom. The summed E-state index contributed by atoms with van der Waals surface area (Å²) in [6.45, 7) is 15.7. The molecule has 0 aliphatic rings. The van der Waals surface area contributed by atoms with Gasteiger partial charge in [0.25, 0.3) is 0 Å². The molecule has 0 atom stereocenters. The maximum Gasteiger partial charge on any atom is 0.152 e. The first kappa shape index (κ1) is 19.2. The van der Waals surface area contributed by atoms with Crippen LogP contribution in [-0.4, -0.2) is 24.3 Å². The predicted octanol–water partition coefficient (Wildman–Crippen LogP) is 5.48. The van der Waals surface area contributed by atoms with Crippen LogP contribution in [-0.2, 0) is 6.42 Å². The molecule has 0 saturated heterocycles. The van der Waals surface area contributed by atoms with Gasteiger partial charge in [-0.15, -0.1) is 0 Å². The fourth-order valence-corrected chi connectivity index (χ4v) is 11.8. The van der Waals surface area contributed by atoms with Gasteiger partial charge in [-0.2, -0.15) is 0 Å². The van der Waals surface area contributed by atoms with Gasteiger partial charge in [0.05, 0.1) is 10.6 Å². The van der Waals surface area contributed by atoms with Crippen LogP contribution in [0.5, 0.6) is 0 Å². The van der Waals surface area contributed by atoms with E-state index in [9.17, 15) is 4.79 Å². The standard InChI is InChI=1S/C19H29ClN2OSi/c1-8-14-9-21-18-16(14)17(20)15(10-23)19(22-18)24(11(2)3,12(4)5)13(6)7/h9-13H,8H2,1-7H3,(H,21,22). The average Bonchev–Trinajstić information content (AvgIpc) is 2.90. The maximum atomic E-state index is 12.0. The summed E-state index contributed by atoms with van der Waals surface area (Å²) in [7, 11) is -2.07. The Balaban J connectivity index is 2.95. The van der Waals surface area contributed by atoms with E-state index < -0.39 is 8.07 Å². The van der Waals surface area contributed by atoms with Crippen molar-refractivity contribution < 1.29 is 4.79 Å². The number of nitrogens with zero attached hydrogens (tertiary/aromatic N) is 1. The Kier molecular flexibility index (Phi) is 5.60. The number of nitrogens with one attached hydrogen (secondary N) is 1. The molecule has 0 bridgehead atoms. The number of H-pyrrole nitrogens is 1. The smallest absolute Gasteiger partial charge is 0.152 e. The van der Waals surface area contributed by atoms with Crippen molar-refractivity contribution in [1.29, 1.82) is 0 Å². The molecule has 2 rings (SSSR count). The van der Waals surface area contributed by atoms with Gasteiger partial charge in [-0.05, 0) is 28.6 Å². The number of aromatic nitrogens is 2. The number of halogens is 1. The zero-order valence-electron chi connectivity index (χ0n) is 15.8. The molecule has 2 aromatic rings. The van der Waals surface area contributed by atoms with Crippen molar-refractivity contribution in [2.45, 2.75) is 71.5 Å². The lowest BCUT2D eigenvalue weighted by molar-refractivity contribution is 0.112. The van der Waals surface area contributed by atoms with Gasteiger partial charge in [0.15, 0.2) is 6.29 Å². The van der Waals surface area contributed by atoms with Gasteiger partial charge < -0.3 is 4.98 Å². The third-order valence-electron chi connectivity index (χ3n) is 5.65. The molecule has 0 fully saturated rings. The van der Waals surface area contributed by atoms with Gasteiger partial charge in [-0.25, -0.2) is 4.98 Å². The minimum Gasteiger partial charge on any atom is -0.346 e. The summed E-state index contributed by atoms with van der Waals surface area (Å²) in [4.78, 5) is 20.3. The van der Waals surface area contributed by atoms with Crippen LogP contribution in [0.25, 0.3) is 11.0 Å². The van der Waals surface area contributed by atoms with Gasteiger partial charge in [0.1, 0.15) is 13.7 Å². The molecule has 0 amide bonds. The summed E-state index contributed by atoms with van der Waals surface area (Å²) >= 11 is 6.72. The number of pyridine rings is 1. The van der Waals surface area contributed by atoms with Crippen LogP contribution in [0.15, 0.2) is 6.20 Å². The minimum atomic E-state index is -2.07. The van der Waals surface area contributed by atoms with E-state index in [1.165, 1.54) is 0 Å². The topological polar surface area (TPSA) is 45.8 Å². The molecule has 0 radical (unpaired) electrons. The van der Waals surface area contributed by atoms with Crippen LogP contribution < -0.4 is 5.32 Å². The first-order valence-electron chi connectivity index (χ1n) is 8.88. The van der Waals surface area contributed by atoms with Gasteiger partial charge >= 0.3 is 0 Å². The van der Waals surface area contributed by atoms with E-state index in [0.717, 1.165) is 34.6 Å². The van der Waals surface area contributed by atoms with Crippen LogP contribution >= 0.6 is 11.6 Å².